The summed E-state index contributed by atoms with van der Waals surface area (Å²) in [6.07, 6.45) is 52.3. The summed E-state index contributed by atoms with van der Waals surface area (Å²) in [6, 6.07) is -1.54. The number of esters is 2. The van der Waals surface area contributed by atoms with E-state index in [0.29, 0.717) is 12.8 Å². The minimum Gasteiger partial charge on any atom is -0.480 e. The standard InChI is InChI=1S/C48H80NO10P/c1-3-5-7-9-11-13-15-17-19-21-22-24-25-27-29-31-33-35-37-39-46(50)56-41-44(42-57-60(54,55)58-43-45(49)48(52)53)59-47(51)40-38-36-34-32-30-28-26-23-20-18-16-14-12-10-8-6-4-2/h11-14,17-20,22,24,27,29,33,35,44-45H,3-10,15-16,21,23,25-26,28,30-32,34,36-43,49H2,1-2H3,(H,52,53)(H,54,55)/b13-11+,14-12+,19-17+,20-18+,24-22+,29-27+,35-33+/t44-,45+/m1/s1. The van der Waals surface area contributed by atoms with Crippen LogP contribution in [0.25, 0.3) is 0 Å². The first-order valence-corrected chi connectivity index (χ1v) is 24.1. The van der Waals surface area contributed by atoms with Crippen LogP contribution in [0.4, 0.5) is 0 Å². The number of phosphoric ester groups is 1. The van der Waals surface area contributed by atoms with E-state index in [1.165, 1.54) is 64.2 Å². The molecule has 0 aromatic carbocycles. The molecule has 11 nitrogen and oxygen atoms in total. The highest BCUT2D eigenvalue weighted by molar-refractivity contribution is 7.47. The molecular formula is C48H80NO10P. The molecule has 1 unspecified atom stereocenters. The van der Waals surface area contributed by atoms with Gasteiger partial charge < -0.3 is 25.2 Å². The van der Waals surface area contributed by atoms with E-state index in [1.54, 1.807) is 0 Å². The second kappa shape index (κ2) is 42.4. The summed E-state index contributed by atoms with van der Waals surface area (Å²) in [5, 5.41) is 8.90. The number of ether oxygens (including phenoxy) is 2. The second-order valence-corrected chi connectivity index (χ2v) is 16.3. The third-order valence-corrected chi connectivity index (χ3v) is 10.1. The molecule has 0 fully saturated rings. The average Bonchev–Trinajstić information content (AvgIpc) is 3.22. The van der Waals surface area contributed by atoms with E-state index in [9.17, 15) is 23.8 Å². The molecule has 0 heterocycles. The normalized spacial score (nSPS) is 14.5. The molecule has 0 bridgehead atoms. The fourth-order valence-electron chi connectivity index (χ4n) is 5.55. The smallest absolute Gasteiger partial charge is 0.472 e. The van der Waals surface area contributed by atoms with E-state index in [2.05, 4.69) is 91.3 Å². The van der Waals surface area contributed by atoms with Crippen LogP contribution < -0.4 is 5.73 Å². The van der Waals surface area contributed by atoms with Crippen LogP contribution in [0, 0.1) is 0 Å². The number of unbranched alkanes of at least 4 members (excludes halogenated alkanes) is 13. The van der Waals surface area contributed by atoms with Gasteiger partial charge in [0.05, 0.1) is 13.2 Å². The lowest BCUT2D eigenvalue weighted by molar-refractivity contribution is -0.161. The van der Waals surface area contributed by atoms with E-state index in [1.807, 2.05) is 12.2 Å². The third-order valence-electron chi connectivity index (χ3n) is 9.13. The van der Waals surface area contributed by atoms with Crippen molar-refractivity contribution >= 4 is 25.7 Å². The molecule has 3 atom stereocenters. The fraction of sp³-hybridized carbons (Fsp3) is 0.646. The minimum absolute atomic E-state index is 0.0921. The molecule has 0 radical (unpaired) electrons. The summed E-state index contributed by atoms with van der Waals surface area (Å²) in [4.78, 5) is 46.0. The molecule has 0 spiro atoms. The molecule has 0 saturated carbocycles. The van der Waals surface area contributed by atoms with Gasteiger partial charge in [-0.05, 0) is 83.5 Å². The van der Waals surface area contributed by atoms with Crippen molar-refractivity contribution in [3.8, 4) is 0 Å². The Balaban J connectivity index is 4.49. The molecule has 0 amide bonds. The number of carbonyl (C=O) groups excluding carboxylic acids is 2. The van der Waals surface area contributed by atoms with Gasteiger partial charge >= 0.3 is 25.7 Å². The van der Waals surface area contributed by atoms with Crippen LogP contribution in [0.5, 0.6) is 0 Å². The predicted octanol–water partition coefficient (Wildman–Crippen LogP) is 12.3. The fourth-order valence-corrected chi connectivity index (χ4v) is 6.33. The average molecular weight is 862 g/mol. The molecule has 0 aromatic rings. The molecule has 60 heavy (non-hydrogen) atoms. The first kappa shape index (κ1) is 56.7. The number of carboxylic acids is 1. The second-order valence-electron chi connectivity index (χ2n) is 14.8. The maximum Gasteiger partial charge on any atom is 0.472 e. The number of carboxylic acid groups (broad SMARTS) is 1. The van der Waals surface area contributed by atoms with Crippen molar-refractivity contribution in [2.45, 2.75) is 180 Å². The Morgan fingerprint density at radius 1 is 0.517 bits per heavy atom. The predicted molar refractivity (Wildman–Crippen MR) is 244 cm³/mol. The lowest BCUT2D eigenvalue weighted by Crippen LogP contribution is -2.34. The molecule has 0 aliphatic heterocycles. The molecule has 0 saturated heterocycles. The lowest BCUT2D eigenvalue weighted by atomic mass is 10.1. The van der Waals surface area contributed by atoms with E-state index in [-0.39, 0.29) is 12.8 Å². The van der Waals surface area contributed by atoms with Crippen LogP contribution in [-0.2, 0) is 37.5 Å². The Kier molecular flexibility index (Phi) is 40.0. The van der Waals surface area contributed by atoms with Gasteiger partial charge in [0, 0.05) is 12.8 Å². The summed E-state index contributed by atoms with van der Waals surface area (Å²) < 4.78 is 32.6. The van der Waals surface area contributed by atoms with Crippen LogP contribution in [0.3, 0.4) is 0 Å². The van der Waals surface area contributed by atoms with E-state index in [0.717, 1.165) is 64.2 Å². The Hall–Kier alpha value is -3.34. The molecule has 0 aromatic heterocycles. The summed E-state index contributed by atoms with van der Waals surface area (Å²) in [6.45, 7) is 2.66. The maximum absolute atomic E-state index is 12.6. The molecule has 12 heteroatoms. The maximum atomic E-state index is 12.6. The number of hydrogen-bond donors (Lipinski definition) is 3. The van der Waals surface area contributed by atoms with Crippen LogP contribution in [0.2, 0.25) is 0 Å². The topological polar surface area (TPSA) is 172 Å². The number of nitrogens with two attached hydrogens (primary N) is 1. The Morgan fingerprint density at radius 3 is 1.38 bits per heavy atom. The van der Waals surface area contributed by atoms with Crippen molar-refractivity contribution in [1.29, 1.82) is 0 Å². The molecule has 342 valence electrons. The van der Waals surface area contributed by atoms with Gasteiger partial charge in [0.2, 0.25) is 0 Å². The number of rotatable bonds is 41. The van der Waals surface area contributed by atoms with Crippen LogP contribution in [-0.4, -0.2) is 59.9 Å². The van der Waals surface area contributed by atoms with E-state index in [4.69, 9.17) is 24.8 Å². The van der Waals surface area contributed by atoms with Gasteiger partial charge in [-0.15, -0.1) is 0 Å². The number of carbonyl (C=O) groups is 3. The summed E-state index contributed by atoms with van der Waals surface area (Å²) in [5.74, 6) is -2.50. The van der Waals surface area contributed by atoms with Crippen molar-refractivity contribution in [3.63, 3.8) is 0 Å². The van der Waals surface area contributed by atoms with Gasteiger partial charge in [0.25, 0.3) is 0 Å². The zero-order chi connectivity index (χ0) is 44.2. The number of phosphoric acid groups is 1. The van der Waals surface area contributed by atoms with E-state index < -0.39 is 57.7 Å². The van der Waals surface area contributed by atoms with Gasteiger partial charge in [-0.2, -0.15) is 0 Å². The Labute approximate surface area is 362 Å². The Morgan fingerprint density at radius 2 is 0.917 bits per heavy atom. The quantitative estimate of drug-likeness (QED) is 0.0231. The Bertz CT molecular complexity index is 1340. The number of allylic oxidation sites excluding steroid dienone is 14. The molecule has 0 aliphatic rings. The largest absolute Gasteiger partial charge is 0.480 e. The van der Waals surface area contributed by atoms with Crippen LogP contribution in [0.1, 0.15) is 168 Å². The summed E-state index contributed by atoms with van der Waals surface area (Å²) in [7, 11) is -4.74. The first-order chi connectivity index (χ1) is 29.1. The van der Waals surface area contributed by atoms with Gasteiger partial charge in [-0.25, -0.2) is 4.57 Å². The SMILES string of the molecule is CCCCC/C=C/C/C=C/C/C=C/C/C=C/C/C=C/CCC(=O)OC[C@H](COP(=O)(O)OC[C@H](N)C(=O)O)OC(=O)CCCCCCCCC/C=C/C/C=C/CCCCC. The van der Waals surface area contributed by atoms with Crippen molar-refractivity contribution in [2.24, 2.45) is 5.73 Å². The molecule has 0 aliphatic carbocycles. The molecular weight excluding hydrogens is 781 g/mol. The summed E-state index contributed by atoms with van der Waals surface area (Å²) >= 11 is 0. The number of aliphatic carboxylic acids is 1. The lowest BCUT2D eigenvalue weighted by Gasteiger charge is -2.20. The zero-order valence-corrected chi connectivity index (χ0v) is 37.9. The zero-order valence-electron chi connectivity index (χ0n) is 37.0. The highest BCUT2D eigenvalue weighted by Gasteiger charge is 2.28. The number of hydrogen-bond acceptors (Lipinski definition) is 9. The van der Waals surface area contributed by atoms with Gasteiger partial charge in [0.1, 0.15) is 12.6 Å². The first-order valence-electron chi connectivity index (χ1n) is 22.6. The van der Waals surface area contributed by atoms with Crippen LogP contribution in [0.15, 0.2) is 85.1 Å². The van der Waals surface area contributed by atoms with Gasteiger partial charge in [-0.3, -0.25) is 23.4 Å². The van der Waals surface area contributed by atoms with Gasteiger partial charge in [0.15, 0.2) is 6.10 Å². The van der Waals surface area contributed by atoms with Crippen molar-refractivity contribution < 1.29 is 47.5 Å². The highest BCUT2D eigenvalue weighted by Crippen LogP contribution is 2.43. The monoisotopic (exact) mass is 862 g/mol. The van der Waals surface area contributed by atoms with Crippen molar-refractivity contribution in [2.75, 3.05) is 19.8 Å². The highest BCUT2D eigenvalue weighted by atomic mass is 31.2. The molecule has 4 N–H and O–H groups in total. The van der Waals surface area contributed by atoms with Crippen molar-refractivity contribution in [3.05, 3.63) is 85.1 Å². The third kappa shape index (κ3) is 41.4. The van der Waals surface area contributed by atoms with Gasteiger partial charge in [-0.1, -0.05) is 157 Å². The van der Waals surface area contributed by atoms with E-state index >= 15 is 0 Å². The molecule has 0 rings (SSSR count). The van der Waals surface area contributed by atoms with Crippen LogP contribution >= 0.6 is 7.82 Å². The van der Waals surface area contributed by atoms with Crippen molar-refractivity contribution in [1.82, 2.24) is 0 Å². The minimum atomic E-state index is -4.74. The summed E-state index contributed by atoms with van der Waals surface area (Å²) in [5.41, 5.74) is 5.33.